The number of rotatable bonds is 14. The molecule has 5 rings (SSSR count). The van der Waals surface area contributed by atoms with Crippen LogP contribution in [0.1, 0.15) is 52.0 Å². The van der Waals surface area contributed by atoms with Crippen LogP contribution in [-0.4, -0.2) is 109 Å². The van der Waals surface area contributed by atoms with Crippen molar-refractivity contribution in [3.05, 3.63) is 55.1 Å². The zero-order valence-electron chi connectivity index (χ0n) is 29.4. The van der Waals surface area contributed by atoms with Crippen LogP contribution in [0, 0.1) is 5.92 Å². The third-order valence-corrected chi connectivity index (χ3v) is 10.8. The van der Waals surface area contributed by atoms with Gasteiger partial charge in [0.25, 0.3) is 5.91 Å². The Labute approximate surface area is 301 Å². The molecule has 52 heavy (non-hydrogen) atoms. The normalized spacial score (nSPS) is 24.6. The minimum Gasteiger partial charge on any atom is -0.497 e. The van der Waals surface area contributed by atoms with Crippen LogP contribution in [0.3, 0.4) is 0 Å². The molecular formula is C33H45N9O9S. The molecule has 0 bridgehead atoms. The fourth-order valence-electron chi connectivity index (χ4n) is 5.96. The van der Waals surface area contributed by atoms with Crippen LogP contribution >= 0.6 is 0 Å². The highest BCUT2D eigenvalue weighted by Crippen LogP contribution is 2.45. The van der Waals surface area contributed by atoms with Crippen LogP contribution in [0.2, 0.25) is 0 Å². The van der Waals surface area contributed by atoms with Gasteiger partial charge >= 0.3 is 6.09 Å². The number of sulfonamides is 1. The molecule has 2 heterocycles. The predicted molar refractivity (Wildman–Crippen MR) is 187 cm³/mol. The van der Waals surface area contributed by atoms with E-state index in [9.17, 15) is 32.4 Å². The van der Waals surface area contributed by atoms with E-state index in [0.717, 1.165) is 6.08 Å². The number of amides is 5. The largest absolute Gasteiger partial charge is 0.497 e. The quantitative estimate of drug-likeness (QED) is 0.105. The van der Waals surface area contributed by atoms with Gasteiger partial charge in [-0.15, -0.1) is 16.8 Å². The summed E-state index contributed by atoms with van der Waals surface area (Å²) < 4.78 is 38.0. The summed E-state index contributed by atoms with van der Waals surface area (Å²) in [6.07, 6.45) is 2.50. The minimum atomic E-state index is -3.93. The van der Waals surface area contributed by atoms with Crippen molar-refractivity contribution in [2.24, 2.45) is 11.0 Å². The Kier molecular flexibility index (Phi) is 10.9. The Bertz CT molecular complexity index is 1760. The fourth-order valence-corrected chi connectivity index (χ4v) is 7.32. The van der Waals surface area contributed by atoms with E-state index in [-0.39, 0.29) is 25.9 Å². The number of hydrogen-bond acceptors (Lipinski definition) is 13. The van der Waals surface area contributed by atoms with E-state index >= 15 is 0 Å². The van der Waals surface area contributed by atoms with Crippen molar-refractivity contribution in [2.45, 2.75) is 81.0 Å². The smallest absolute Gasteiger partial charge is 0.408 e. The van der Waals surface area contributed by atoms with Gasteiger partial charge in [0.1, 0.15) is 29.0 Å². The van der Waals surface area contributed by atoms with Gasteiger partial charge in [-0.1, -0.05) is 12.7 Å². The maximum atomic E-state index is 14.3. The number of carbonyl (C=O) groups is 5. The molecule has 2 saturated carbocycles. The van der Waals surface area contributed by atoms with Crippen LogP contribution in [0.25, 0.3) is 0 Å². The first-order valence-electron chi connectivity index (χ1n) is 16.7. The summed E-state index contributed by atoms with van der Waals surface area (Å²) in [5, 5.41) is 12.9. The summed E-state index contributed by atoms with van der Waals surface area (Å²) in [5.41, 5.74) is 4.21. The standard InChI is InChI=1S/C33H45N9O9S/c1-7-20-16-33(20,30(46)39-52(48,49)23-13-14-23)36-28(44)25-15-21(42-38-27(37-40-42)19-9-11-22(50-6)12-10-19)18-41(25)29(45)24(17-34-26(43)8-2)35-31(47)51-32(3,4)5/h7-12,20-21,23-25,40H,1-2,13-18H2,3-6H3,(H,34,43)(H,35,47)(H,36,44)(H,37,38)(H,39,46)/t20?,21-,24+,25+,33-/m1/s1. The van der Waals surface area contributed by atoms with Crippen molar-refractivity contribution in [3.63, 3.8) is 0 Å². The highest BCUT2D eigenvalue weighted by Gasteiger charge is 2.62. The van der Waals surface area contributed by atoms with Crippen LogP contribution in [0.15, 0.2) is 54.7 Å². The second-order valence-corrected chi connectivity index (χ2v) is 16.0. The summed E-state index contributed by atoms with van der Waals surface area (Å²) in [6, 6.07) is 3.90. The molecule has 282 valence electrons. The van der Waals surface area contributed by atoms with Gasteiger partial charge < -0.3 is 30.3 Å². The molecule has 3 fully saturated rings. The zero-order chi connectivity index (χ0) is 38.0. The maximum absolute atomic E-state index is 14.3. The molecule has 2 aliphatic heterocycles. The van der Waals surface area contributed by atoms with E-state index in [2.05, 4.69) is 49.9 Å². The van der Waals surface area contributed by atoms with Gasteiger partial charge in [-0.25, -0.2) is 18.7 Å². The highest BCUT2D eigenvalue weighted by atomic mass is 32.2. The summed E-state index contributed by atoms with van der Waals surface area (Å²) in [5.74, 6) is -2.43. The fraction of sp³-hybridized carbons (Fsp3) is 0.515. The average molecular weight is 744 g/mol. The summed E-state index contributed by atoms with van der Waals surface area (Å²) in [4.78, 5) is 68.1. The number of hydrogen-bond donors (Lipinski definition) is 6. The number of ether oxygens (including phenoxy) is 2. The van der Waals surface area contributed by atoms with Crippen molar-refractivity contribution >= 4 is 45.6 Å². The predicted octanol–water partition coefficient (Wildman–Crippen LogP) is -0.484. The highest BCUT2D eigenvalue weighted by molar-refractivity contribution is 7.91. The molecule has 6 N–H and O–H groups in total. The Morgan fingerprint density at radius 3 is 2.40 bits per heavy atom. The summed E-state index contributed by atoms with van der Waals surface area (Å²) in [7, 11) is -2.38. The topological polar surface area (TPSA) is 229 Å². The van der Waals surface area contributed by atoms with Gasteiger partial charge in [0.2, 0.25) is 27.7 Å². The lowest BCUT2D eigenvalue weighted by atomic mass is 10.1. The lowest BCUT2D eigenvalue weighted by molar-refractivity contribution is -0.141. The first-order chi connectivity index (χ1) is 24.5. The monoisotopic (exact) mass is 743 g/mol. The van der Waals surface area contributed by atoms with Gasteiger partial charge in [-0.05, 0) is 76.8 Å². The van der Waals surface area contributed by atoms with Gasteiger partial charge in [0.05, 0.1) is 18.4 Å². The molecule has 18 nitrogen and oxygen atoms in total. The van der Waals surface area contributed by atoms with Crippen LogP contribution in [0.4, 0.5) is 4.79 Å². The lowest BCUT2D eigenvalue weighted by Crippen LogP contribution is -2.60. The van der Waals surface area contributed by atoms with Crippen molar-refractivity contribution in [2.75, 3.05) is 20.2 Å². The number of nitrogens with one attached hydrogen (secondary N) is 6. The SMILES string of the molecule is C=CC(=O)NC[C@H](NC(=O)OC(C)(C)C)C(=O)N1C[C@H](N2NN=C(c3ccc(OC)cc3)N2)C[C@H]1C(=O)N[C@]1(C(=O)NS(=O)(=O)C2CC2)CC1C=C. The van der Waals surface area contributed by atoms with Crippen LogP contribution in [-0.2, 0) is 33.9 Å². The second-order valence-electron chi connectivity index (χ2n) is 14.0. The molecule has 2 aliphatic carbocycles. The lowest BCUT2D eigenvalue weighted by Gasteiger charge is -2.30. The van der Waals surface area contributed by atoms with Crippen LogP contribution in [0.5, 0.6) is 5.75 Å². The molecule has 0 aromatic heterocycles. The van der Waals surface area contributed by atoms with E-state index in [1.54, 1.807) is 52.1 Å². The molecule has 0 spiro atoms. The molecule has 0 radical (unpaired) electrons. The second kappa shape index (κ2) is 14.8. The van der Waals surface area contributed by atoms with E-state index < -0.39 is 80.2 Å². The van der Waals surface area contributed by atoms with E-state index in [0.29, 0.717) is 30.0 Å². The number of hydrazine groups is 2. The minimum absolute atomic E-state index is 0.0119. The number of carbonyl (C=O) groups excluding carboxylic acids is 5. The van der Waals surface area contributed by atoms with Crippen molar-refractivity contribution < 1.29 is 41.9 Å². The molecule has 4 aliphatic rings. The Morgan fingerprint density at radius 2 is 1.83 bits per heavy atom. The van der Waals surface area contributed by atoms with Gasteiger partial charge in [-0.2, -0.15) is 0 Å². The number of methoxy groups -OCH3 is 1. The average Bonchev–Trinajstić information content (AvgIpc) is 3.97. The number of benzene rings is 1. The van der Waals surface area contributed by atoms with E-state index in [1.165, 1.54) is 16.1 Å². The third-order valence-electron chi connectivity index (χ3n) is 8.99. The van der Waals surface area contributed by atoms with Crippen molar-refractivity contribution in [1.29, 1.82) is 0 Å². The Morgan fingerprint density at radius 1 is 1.13 bits per heavy atom. The number of alkyl carbamates (subject to hydrolysis) is 1. The van der Waals surface area contributed by atoms with Gasteiger partial charge in [0.15, 0.2) is 5.84 Å². The Balaban J connectivity index is 1.39. The third kappa shape index (κ3) is 8.64. The van der Waals surface area contributed by atoms with E-state index in [1.807, 2.05) is 0 Å². The molecule has 1 aromatic carbocycles. The summed E-state index contributed by atoms with van der Waals surface area (Å²) in [6.45, 7) is 11.6. The van der Waals surface area contributed by atoms with Crippen molar-refractivity contribution in [3.8, 4) is 5.75 Å². The molecule has 1 aromatic rings. The number of hydrazone groups is 1. The molecule has 19 heteroatoms. The first-order valence-corrected chi connectivity index (χ1v) is 18.3. The van der Waals surface area contributed by atoms with E-state index in [4.69, 9.17) is 9.47 Å². The molecule has 1 saturated heterocycles. The van der Waals surface area contributed by atoms with Gasteiger partial charge in [-0.3, -0.25) is 29.3 Å². The van der Waals surface area contributed by atoms with Crippen molar-refractivity contribution in [1.82, 2.24) is 41.7 Å². The molecule has 1 unspecified atom stereocenters. The zero-order valence-corrected chi connectivity index (χ0v) is 30.2. The molecule has 5 amide bonds. The van der Waals surface area contributed by atoms with Crippen LogP contribution < -0.4 is 36.4 Å². The summed E-state index contributed by atoms with van der Waals surface area (Å²) >= 11 is 0. The molecular weight excluding hydrogens is 698 g/mol. The number of nitrogens with zero attached hydrogens (tertiary/aromatic N) is 3. The number of amidine groups is 1. The maximum Gasteiger partial charge on any atom is 0.408 e. The number of likely N-dealkylation sites (tertiary alicyclic amines) is 1. The Hall–Kier alpha value is -5.17. The van der Waals surface area contributed by atoms with Gasteiger partial charge in [0, 0.05) is 24.6 Å². The molecule has 5 atom stereocenters. The first kappa shape index (κ1) is 38.1.